The van der Waals surface area contributed by atoms with E-state index in [4.69, 9.17) is 5.73 Å². The third-order valence-corrected chi connectivity index (χ3v) is 4.67. The molecule has 8 heteroatoms. The lowest BCUT2D eigenvalue weighted by atomic mass is 10.2. The van der Waals surface area contributed by atoms with Gasteiger partial charge in [-0.3, -0.25) is 19.1 Å². The summed E-state index contributed by atoms with van der Waals surface area (Å²) in [6.07, 6.45) is 3.37. The Morgan fingerprint density at radius 3 is 2.45 bits per heavy atom. The average Bonchev–Trinajstić information content (AvgIpc) is 2.76. The highest BCUT2D eigenvalue weighted by Gasteiger charge is 2.22. The lowest BCUT2D eigenvalue weighted by Gasteiger charge is -2.23. The van der Waals surface area contributed by atoms with Gasteiger partial charge in [-0.15, -0.1) is 0 Å². The second-order valence-corrected chi connectivity index (χ2v) is 6.94. The van der Waals surface area contributed by atoms with Gasteiger partial charge in [0.05, 0.1) is 6.54 Å². The van der Waals surface area contributed by atoms with Crippen molar-refractivity contribution in [3.05, 3.63) is 98.5 Å². The summed E-state index contributed by atoms with van der Waals surface area (Å²) in [6.45, 7) is 2.23. The number of nitrogens with two attached hydrogens (primary N) is 1. The molecule has 1 amide bonds. The number of rotatable bonds is 7. The van der Waals surface area contributed by atoms with Crippen LogP contribution in [0.25, 0.3) is 6.08 Å². The molecule has 1 heterocycles. The maximum Gasteiger partial charge on any atom is 0.330 e. The number of aromatic amines is 1. The number of aromatic nitrogens is 2. The van der Waals surface area contributed by atoms with Crippen molar-refractivity contribution in [2.75, 3.05) is 17.2 Å². The van der Waals surface area contributed by atoms with Crippen molar-refractivity contribution in [3.8, 4) is 0 Å². The summed E-state index contributed by atoms with van der Waals surface area (Å²) in [4.78, 5) is 41.4. The molecule has 0 bridgehead atoms. The number of amides is 1. The van der Waals surface area contributed by atoms with E-state index < -0.39 is 17.2 Å². The van der Waals surface area contributed by atoms with E-state index >= 15 is 0 Å². The van der Waals surface area contributed by atoms with E-state index in [9.17, 15) is 18.8 Å². The zero-order valence-electron chi connectivity index (χ0n) is 17.0. The van der Waals surface area contributed by atoms with Crippen molar-refractivity contribution in [2.45, 2.75) is 19.9 Å². The van der Waals surface area contributed by atoms with Crippen LogP contribution in [-0.4, -0.2) is 22.0 Å². The molecule has 0 saturated carbocycles. The van der Waals surface area contributed by atoms with Gasteiger partial charge in [0.15, 0.2) is 5.69 Å². The smallest absolute Gasteiger partial charge is 0.330 e. The van der Waals surface area contributed by atoms with Crippen molar-refractivity contribution in [2.24, 2.45) is 0 Å². The van der Waals surface area contributed by atoms with Crippen molar-refractivity contribution in [1.29, 1.82) is 0 Å². The first kappa shape index (κ1) is 21.8. The minimum absolute atomic E-state index is 0.0777. The number of nitrogens with zero attached hydrogens (tertiary/aromatic N) is 2. The predicted molar refractivity (Wildman–Crippen MR) is 119 cm³/mol. The van der Waals surface area contributed by atoms with E-state index in [0.29, 0.717) is 12.0 Å². The maximum absolute atomic E-state index is 13.1. The molecule has 160 valence electrons. The Balaban J connectivity index is 1.99. The van der Waals surface area contributed by atoms with E-state index in [-0.39, 0.29) is 30.4 Å². The number of halogens is 1. The van der Waals surface area contributed by atoms with Gasteiger partial charge < -0.3 is 10.6 Å². The molecule has 0 unspecified atom stereocenters. The molecule has 0 aliphatic carbocycles. The van der Waals surface area contributed by atoms with E-state index in [1.165, 1.54) is 45.9 Å². The number of carbonyl (C=O) groups excluding carboxylic acids is 1. The van der Waals surface area contributed by atoms with Crippen LogP contribution in [0.2, 0.25) is 0 Å². The van der Waals surface area contributed by atoms with Crippen molar-refractivity contribution in [1.82, 2.24) is 9.55 Å². The number of H-pyrrole nitrogens is 1. The van der Waals surface area contributed by atoms with Crippen molar-refractivity contribution in [3.63, 3.8) is 0 Å². The van der Waals surface area contributed by atoms with E-state index in [2.05, 4.69) is 4.98 Å². The SMILES string of the molecule is CCCN(C(=O)C=Cc1ccc(F)cc1)c1c(N)n(Cc2ccccc2)c(=O)[nH]c1=O. The minimum atomic E-state index is -0.733. The fourth-order valence-corrected chi connectivity index (χ4v) is 3.15. The number of hydrogen-bond acceptors (Lipinski definition) is 4. The largest absolute Gasteiger partial charge is 0.383 e. The van der Waals surface area contributed by atoms with Crippen LogP contribution in [0.15, 0.2) is 70.3 Å². The van der Waals surface area contributed by atoms with Gasteiger partial charge in [0.2, 0.25) is 0 Å². The molecule has 0 aliphatic heterocycles. The lowest BCUT2D eigenvalue weighted by Crippen LogP contribution is -2.41. The Morgan fingerprint density at radius 1 is 1.13 bits per heavy atom. The second kappa shape index (κ2) is 9.71. The summed E-state index contributed by atoms with van der Waals surface area (Å²) in [6, 6.07) is 14.8. The zero-order valence-corrected chi connectivity index (χ0v) is 17.0. The molecule has 0 saturated heterocycles. The first-order valence-electron chi connectivity index (χ1n) is 9.82. The van der Waals surface area contributed by atoms with Gasteiger partial charge in [0, 0.05) is 12.6 Å². The van der Waals surface area contributed by atoms with Crippen LogP contribution < -0.4 is 21.9 Å². The number of benzene rings is 2. The second-order valence-electron chi connectivity index (χ2n) is 6.94. The van der Waals surface area contributed by atoms with Gasteiger partial charge in [-0.05, 0) is 35.8 Å². The minimum Gasteiger partial charge on any atom is -0.383 e. The quantitative estimate of drug-likeness (QED) is 0.572. The van der Waals surface area contributed by atoms with Gasteiger partial charge in [-0.2, -0.15) is 0 Å². The van der Waals surface area contributed by atoms with Crippen LogP contribution in [0.4, 0.5) is 15.9 Å². The third-order valence-electron chi connectivity index (χ3n) is 4.67. The fraction of sp³-hybridized carbons (Fsp3) is 0.174. The van der Waals surface area contributed by atoms with Crippen molar-refractivity contribution < 1.29 is 9.18 Å². The summed E-state index contributed by atoms with van der Waals surface area (Å²) < 4.78 is 14.3. The number of nitrogens with one attached hydrogen (secondary N) is 1. The molecule has 0 aliphatic rings. The monoisotopic (exact) mass is 422 g/mol. The van der Waals surface area contributed by atoms with Crippen molar-refractivity contribution >= 4 is 23.5 Å². The van der Waals surface area contributed by atoms with E-state index in [1.807, 2.05) is 37.3 Å². The Labute approximate surface area is 178 Å². The summed E-state index contributed by atoms with van der Waals surface area (Å²) >= 11 is 0. The number of carbonyl (C=O) groups is 1. The molecule has 0 fully saturated rings. The Hall–Kier alpha value is -3.94. The summed E-state index contributed by atoms with van der Waals surface area (Å²) in [7, 11) is 0. The predicted octanol–water partition coefficient (Wildman–Crippen LogP) is 2.76. The first-order valence-corrected chi connectivity index (χ1v) is 9.82. The molecule has 2 aromatic carbocycles. The van der Waals surface area contributed by atoms with Crippen LogP contribution >= 0.6 is 0 Å². The molecular weight excluding hydrogens is 399 g/mol. The Morgan fingerprint density at radius 2 is 1.81 bits per heavy atom. The van der Waals surface area contributed by atoms with E-state index in [0.717, 1.165) is 5.56 Å². The molecule has 3 rings (SSSR count). The average molecular weight is 422 g/mol. The molecule has 3 aromatic rings. The van der Waals surface area contributed by atoms with Gasteiger partial charge in [-0.1, -0.05) is 49.4 Å². The molecule has 31 heavy (non-hydrogen) atoms. The highest BCUT2D eigenvalue weighted by atomic mass is 19.1. The highest BCUT2D eigenvalue weighted by molar-refractivity contribution is 6.05. The summed E-state index contributed by atoms with van der Waals surface area (Å²) in [5.74, 6) is -0.945. The summed E-state index contributed by atoms with van der Waals surface area (Å²) in [5, 5.41) is 0. The van der Waals surface area contributed by atoms with E-state index in [1.54, 1.807) is 0 Å². The summed E-state index contributed by atoms with van der Waals surface area (Å²) in [5.41, 5.74) is 6.19. The number of hydrogen-bond donors (Lipinski definition) is 2. The molecule has 0 radical (unpaired) electrons. The lowest BCUT2D eigenvalue weighted by molar-refractivity contribution is -0.114. The van der Waals surface area contributed by atoms with Gasteiger partial charge in [-0.25, -0.2) is 9.18 Å². The van der Waals surface area contributed by atoms with Gasteiger partial charge >= 0.3 is 5.69 Å². The Bertz CT molecular complexity index is 1200. The maximum atomic E-state index is 13.1. The molecule has 3 N–H and O–H groups in total. The van der Waals surface area contributed by atoms with Crippen LogP contribution in [0.1, 0.15) is 24.5 Å². The normalized spacial score (nSPS) is 11.0. The standard InChI is InChI=1S/C23H23FN4O3/c1-2-14-27(19(29)13-10-16-8-11-18(24)12-9-16)20-21(25)28(23(31)26-22(20)30)15-17-6-4-3-5-7-17/h3-13H,2,14-15,25H2,1H3,(H,26,30,31). The number of nitrogen functional groups attached to an aromatic ring is 1. The van der Waals surface area contributed by atoms with Gasteiger partial charge in [0.1, 0.15) is 11.6 Å². The highest BCUT2D eigenvalue weighted by Crippen LogP contribution is 2.19. The molecule has 0 atom stereocenters. The zero-order chi connectivity index (χ0) is 22.4. The van der Waals surface area contributed by atoms with Crippen LogP contribution in [0, 0.1) is 5.82 Å². The van der Waals surface area contributed by atoms with Crippen LogP contribution in [0.3, 0.4) is 0 Å². The first-order chi connectivity index (χ1) is 14.9. The van der Waals surface area contributed by atoms with Crippen LogP contribution in [-0.2, 0) is 11.3 Å². The topological polar surface area (TPSA) is 101 Å². The van der Waals surface area contributed by atoms with Gasteiger partial charge in [0.25, 0.3) is 11.5 Å². The third kappa shape index (κ3) is 5.16. The van der Waals surface area contributed by atoms with Crippen LogP contribution in [0.5, 0.6) is 0 Å². The molecule has 7 nitrogen and oxygen atoms in total. The Kier molecular flexibility index (Phi) is 6.81. The fourth-order valence-electron chi connectivity index (χ4n) is 3.15. The number of anilines is 2. The molecule has 1 aromatic heterocycles. The molecule has 0 spiro atoms. The molecular formula is C23H23FN4O3.